The summed E-state index contributed by atoms with van der Waals surface area (Å²) >= 11 is 1.46. The van der Waals surface area contributed by atoms with E-state index in [0.29, 0.717) is 6.42 Å². The van der Waals surface area contributed by atoms with E-state index in [1.54, 1.807) is 6.20 Å². The minimum Gasteiger partial charge on any atom is -0.481 e. The van der Waals surface area contributed by atoms with Gasteiger partial charge in [-0.2, -0.15) is 0 Å². The first-order valence-electron chi connectivity index (χ1n) is 6.91. The zero-order chi connectivity index (χ0) is 16.0. The minimum absolute atomic E-state index is 0.118. The third-order valence-electron chi connectivity index (χ3n) is 3.01. The number of hydrogen-bond acceptors (Lipinski definition) is 4. The Balaban J connectivity index is 2.51. The predicted molar refractivity (Wildman–Crippen MR) is 82.3 cm³/mol. The highest BCUT2D eigenvalue weighted by Gasteiger charge is 2.26. The summed E-state index contributed by atoms with van der Waals surface area (Å²) < 4.78 is 0. The van der Waals surface area contributed by atoms with E-state index in [4.69, 9.17) is 5.11 Å². The van der Waals surface area contributed by atoms with E-state index in [9.17, 15) is 9.59 Å². The number of aliphatic carboxylic acids is 1. The quantitative estimate of drug-likeness (QED) is 0.721. The van der Waals surface area contributed by atoms with Crippen LogP contribution in [0.15, 0.2) is 11.6 Å². The first-order valence-corrected chi connectivity index (χ1v) is 7.79. The van der Waals surface area contributed by atoms with Crippen molar-refractivity contribution < 1.29 is 14.7 Å². The molecule has 0 radical (unpaired) electrons. The maximum absolute atomic E-state index is 11.9. The molecule has 0 aromatic carbocycles. The van der Waals surface area contributed by atoms with Crippen LogP contribution in [0.2, 0.25) is 0 Å². The SMILES string of the molecule is CC(C)CC(CNC(=O)NC(C)(C)c1nccs1)C(=O)O. The van der Waals surface area contributed by atoms with Crippen LogP contribution >= 0.6 is 11.3 Å². The number of carbonyl (C=O) groups excluding carboxylic acids is 1. The molecule has 6 nitrogen and oxygen atoms in total. The van der Waals surface area contributed by atoms with Gasteiger partial charge >= 0.3 is 12.0 Å². The summed E-state index contributed by atoms with van der Waals surface area (Å²) in [6.07, 6.45) is 2.22. The Morgan fingerprint density at radius 2 is 2.10 bits per heavy atom. The number of nitrogens with zero attached hydrogens (tertiary/aromatic N) is 1. The van der Waals surface area contributed by atoms with E-state index in [-0.39, 0.29) is 18.5 Å². The van der Waals surface area contributed by atoms with Crippen LogP contribution in [-0.4, -0.2) is 28.6 Å². The van der Waals surface area contributed by atoms with E-state index >= 15 is 0 Å². The number of hydrogen-bond donors (Lipinski definition) is 3. The van der Waals surface area contributed by atoms with E-state index in [1.165, 1.54) is 11.3 Å². The first-order chi connectivity index (χ1) is 9.72. The Morgan fingerprint density at radius 3 is 2.57 bits per heavy atom. The van der Waals surface area contributed by atoms with Crippen molar-refractivity contribution in [3.05, 3.63) is 16.6 Å². The molecule has 118 valence electrons. The smallest absolute Gasteiger partial charge is 0.315 e. The molecule has 0 spiro atoms. The number of aromatic nitrogens is 1. The molecule has 1 aromatic rings. The molecule has 0 aliphatic carbocycles. The van der Waals surface area contributed by atoms with Crippen LogP contribution in [0, 0.1) is 11.8 Å². The van der Waals surface area contributed by atoms with Gasteiger partial charge in [0.05, 0.1) is 11.5 Å². The van der Waals surface area contributed by atoms with Crippen LogP contribution in [0.4, 0.5) is 4.79 Å². The van der Waals surface area contributed by atoms with Crippen molar-refractivity contribution in [2.24, 2.45) is 11.8 Å². The molecule has 7 heteroatoms. The lowest BCUT2D eigenvalue weighted by Crippen LogP contribution is -2.48. The third-order valence-corrected chi connectivity index (χ3v) is 4.10. The topological polar surface area (TPSA) is 91.3 Å². The summed E-state index contributed by atoms with van der Waals surface area (Å²) in [4.78, 5) is 27.3. The Hall–Kier alpha value is -1.63. The van der Waals surface area contributed by atoms with Gasteiger partial charge in [0.15, 0.2) is 0 Å². The number of carbonyl (C=O) groups is 2. The third kappa shape index (κ3) is 5.71. The molecule has 1 aromatic heterocycles. The van der Waals surface area contributed by atoms with Crippen LogP contribution < -0.4 is 10.6 Å². The summed E-state index contributed by atoms with van der Waals surface area (Å²) in [6.45, 7) is 7.75. The fourth-order valence-corrected chi connectivity index (χ4v) is 2.69. The molecular formula is C14H23N3O3S. The summed E-state index contributed by atoms with van der Waals surface area (Å²) in [5.41, 5.74) is -0.588. The Bertz CT molecular complexity index is 472. The fourth-order valence-electron chi connectivity index (χ4n) is 1.97. The number of carboxylic acids is 1. The molecule has 0 bridgehead atoms. The van der Waals surface area contributed by atoms with Crippen LogP contribution in [0.3, 0.4) is 0 Å². The van der Waals surface area contributed by atoms with E-state index < -0.39 is 17.4 Å². The summed E-state index contributed by atoms with van der Waals surface area (Å²) in [6, 6.07) is -0.384. The Morgan fingerprint density at radius 1 is 1.43 bits per heavy atom. The van der Waals surface area contributed by atoms with Crippen LogP contribution in [0.25, 0.3) is 0 Å². The molecule has 0 fully saturated rings. The van der Waals surface area contributed by atoms with Gasteiger partial charge in [0.1, 0.15) is 5.01 Å². The average Bonchev–Trinajstić information content (AvgIpc) is 2.87. The fraction of sp³-hybridized carbons (Fsp3) is 0.643. The lowest BCUT2D eigenvalue weighted by atomic mass is 9.97. The van der Waals surface area contributed by atoms with Crippen molar-refractivity contribution in [1.82, 2.24) is 15.6 Å². The number of urea groups is 1. The van der Waals surface area contributed by atoms with E-state index in [2.05, 4.69) is 15.6 Å². The molecule has 3 N–H and O–H groups in total. The van der Waals surface area contributed by atoms with Crippen molar-refractivity contribution in [2.75, 3.05) is 6.54 Å². The lowest BCUT2D eigenvalue weighted by Gasteiger charge is -2.24. The summed E-state index contributed by atoms with van der Waals surface area (Å²) in [5, 5.41) is 17.2. The van der Waals surface area contributed by atoms with Gasteiger partial charge in [0.25, 0.3) is 0 Å². The van der Waals surface area contributed by atoms with E-state index in [0.717, 1.165) is 5.01 Å². The molecule has 1 heterocycles. The second-order valence-electron chi connectivity index (χ2n) is 5.96. The minimum atomic E-state index is -0.886. The maximum atomic E-state index is 11.9. The highest BCUT2D eigenvalue weighted by atomic mass is 32.1. The highest BCUT2D eigenvalue weighted by Crippen LogP contribution is 2.21. The number of nitrogens with one attached hydrogen (secondary N) is 2. The first kappa shape index (κ1) is 17.4. The van der Waals surface area contributed by atoms with Crippen molar-refractivity contribution in [1.29, 1.82) is 0 Å². The van der Waals surface area contributed by atoms with Gasteiger partial charge in [-0.15, -0.1) is 11.3 Å². The van der Waals surface area contributed by atoms with Crippen molar-refractivity contribution in [3.63, 3.8) is 0 Å². The van der Waals surface area contributed by atoms with Gasteiger partial charge in [-0.05, 0) is 26.2 Å². The normalized spacial score (nSPS) is 13.0. The van der Waals surface area contributed by atoms with Gasteiger partial charge in [0.2, 0.25) is 0 Å². The second-order valence-corrected chi connectivity index (χ2v) is 6.86. The molecule has 2 amide bonds. The molecule has 21 heavy (non-hydrogen) atoms. The van der Waals surface area contributed by atoms with Gasteiger partial charge in [-0.3, -0.25) is 4.79 Å². The number of amides is 2. The van der Waals surface area contributed by atoms with Gasteiger partial charge in [0, 0.05) is 18.1 Å². The lowest BCUT2D eigenvalue weighted by molar-refractivity contribution is -0.142. The molecule has 0 aliphatic rings. The molecule has 0 saturated heterocycles. The van der Waals surface area contributed by atoms with Gasteiger partial charge in [-0.1, -0.05) is 13.8 Å². The predicted octanol–water partition coefficient (Wildman–Crippen LogP) is 2.42. The number of thiazole rings is 1. The monoisotopic (exact) mass is 313 g/mol. The molecule has 0 saturated carbocycles. The number of carboxylic acid groups (broad SMARTS) is 1. The molecule has 0 aliphatic heterocycles. The van der Waals surface area contributed by atoms with Crippen LogP contribution in [0.1, 0.15) is 39.1 Å². The maximum Gasteiger partial charge on any atom is 0.315 e. The van der Waals surface area contributed by atoms with Crippen molar-refractivity contribution in [3.8, 4) is 0 Å². The van der Waals surface area contributed by atoms with Gasteiger partial charge in [-0.25, -0.2) is 9.78 Å². The highest BCUT2D eigenvalue weighted by molar-refractivity contribution is 7.09. The Kier molecular flexibility index (Phi) is 6.14. The van der Waals surface area contributed by atoms with Gasteiger partial charge < -0.3 is 15.7 Å². The molecule has 1 rings (SSSR count). The average molecular weight is 313 g/mol. The van der Waals surface area contributed by atoms with E-state index in [1.807, 2.05) is 33.1 Å². The molecular weight excluding hydrogens is 290 g/mol. The Labute approximate surface area is 129 Å². The zero-order valence-electron chi connectivity index (χ0n) is 12.8. The van der Waals surface area contributed by atoms with Crippen molar-refractivity contribution in [2.45, 2.75) is 39.7 Å². The second kappa shape index (κ2) is 7.40. The van der Waals surface area contributed by atoms with Crippen molar-refractivity contribution >= 4 is 23.3 Å². The largest absolute Gasteiger partial charge is 0.481 e. The van der Waals surface area contributed by atoms with Crippen LogP contribution in [-0.2, 0) is 10.3 Å². The van der Waals surface area contributed by atoms with Crippen LogP contribution in [0.5, 0.6) is 0 Å². The molecule has 1 atom stereocenters. The standard InChI is InChI=1S/C14H23N3O3S/c1-9(2)7-10(11(18)19)8-16-13(20)17-14(3,4)12-15-5-6-21-12/h5-6,9-10H,7-8H2,1-4H3,(H,18,19)(H2,16,17,20). The summed E-state index contributed by atoms with van der Waals surface area (Å²) in [5.74, 6) is -1.19. The zero-order valence-corrected chi connectivity index (χ0v) is 13.7. The number of rotatable bonds is 7. The summed E-state index contributed by atoms with van der Waals surface area (Å²) in [7, 11) is 0. The molecule has 1 unspecified atom stereocenters.